The predicted octanol–water partition coefficient (Wildman–Crippen LogP) is 0.895. The van der Waals surface area contributed by atoms with Gasteiger partial charge >= 0.3 is 0 Å². The molecule has 1 amide bonds. The summed E-state index contributed by atoms with van der Waals surface area (Å²) in [6.45, 7) is 1.82. The van der Waals surface area contributed by atoms with Crippen LogP contribution in [0.5, 0.6) is 0 Å². The topological polar surface area (TPSA) is 54.9 Å². The van der Waals surface area contributed by atoms with Gasteiger partial charge in [0.25, 0.3) is 5.91 Å². The van der Waals surface area contributed by atoms with Crippen molar-refractivity contribution in [3.63, 3.8) is 0 Å². The molecule has 1 heterocycles. The first-order chi connectivity index (χ1) is 5.74. The number of carbonyl (C=O) groups is 1. The third-order valence-corrected chi connectivity index (χ3v) is 2.17. The third-order valence-electron chi connectivity index (χ3n) is 1.20. The van der Waals surface area contributed by atoms with E-state index in [4.69, 9.17) is 11.6 Å². The van der Waals surface area contributed by atoms with Crippen molar-refractivity contribution in [1.82, 2.24) is 14.9 Å². The fourth-order valence-corrected chi connectivity index (χ4v) is 1.11. The minimum atomic E-state index is -0.225. The number of carbonyl (C=O) groups excluding carboxylic acids is 1. The van der Waals surface area contributed by atoms with Gasteiger partial charge in [0, 0.05) is 17.3 Å². The minimum Gasteiger partial charge on any atom is -0.347 e. The summed E-state index contributed by atoms with van der Waals surface area (Å²) in [4.78, 5) is 11.2. The van der Waals surface area contributed by atoms with Gasteiger partial charge in [0.2, 0.25) is 0 Å². The van der Waals surface area contributed by atoms with Crippen LogP contribution in [0.1, 0.15) is 17.4 Å². The van der Waals surface area contributed by atoms with Crippen LogP contribution in [-0.2, 0) is 0 Å². The zero-order chi connectivity index (χ0) is 8.97. The highest BCUT2D eigenvalue weighted by molar-refractivity contribution is 7.03. The minimum absolute atomic E-state index is 0.0409. The van der Waals surface area contributed by atoms with Gasteiger partial charge in [0.1, 0.15) is 0 Å². The molecule has 0 saturated heterocycles. The largest absolute Gasteiger partial charge is 0.347 e. The summed E-state index contributed by atoms with van der Waals surface area (Å²) < 4.78 is 3.57. The van der Waals surface area contributed by atoms with E-state index in [9.17, 15) is 4.79 Å². The molecule has 66 valence electrons. The maximum atomic E-state index is 11.2. The highest BCUT2D eigenvalue weighted by Crippen LogP contribution is 1.97. The average Bonchev–Trinajstić information content (AvgIpc) is 2.56. The molecule has 6 heteroatoms. The molecule has 1 aromatic rings. The van der Waals surface area contributed by atoms with Gasteiger partial charge in [-0.05, 0) is 18.5 Å². The summed E-state index contributed by atoms with van der Waals surface area (Å²) in [6, 6.07) is -0.0409. The molecule has 0 saturated carbocycles. The first-order valence-electron chi connectivity index (χ1n) is 3.38. The Kier molecular flexibility index (Phi) is 3.43. The lowest BCUT2D eigenvalue weighted by atomic mass is 10.3. The van der Waals surface area contributed by atoms with Gasteiger partial charge in [-0.25, -0.2) is 0 Å². The molecule has 0 fully saturated rings. The standard InChI is InChI=1S/C6H8ClN3OS/c1-4(2-7)8-6(11)5-3-12-10-9-5/h3-4H,2H2,1H3,(H,8,11). The Hall–Kier alpha value is -0.680. The fraction of sp³-hybridized carbons (Fsp3) is 0.500. The lowest BCUT2D eigenvalue weighted by Crippen LogP contribution is -2.33. The van der Waals surface area contributed by atoms with Crippen molar-refractivity contribution in [3.8, 4) is 0 Å². The van der Waals surface area contributed by atoms with Crippen LogP contribution in [0.4, 0.5) is 0 Å². The number of hydrogen-bond acceptors (Lipinski definition) is 4. The van der Waals surface area contributed by atoms with Crippen molar-refractivity contribution in [1.29, 1.82) is 0 Å². The number of rotatable bonds is 3. The van der Waals surface area contributed by atoms with Crippen molar-refractivity contribution >= 4 is 29.0 Å². The molecule has 0 aliphatic carbocycles. The van der Waals surface area contributed by atoms with Crippen molar-refractivity contribution in [2.24, 2.45) is 0 Å². The molecule has 1 N–H and O–H groups in total. The van der Waals surface area contributed by atoms with Crippen LogP contribution in [0, 0.1) is 0 Å². The Balaban J connectivity index is 2.50. The molecule has 0 aromatic carbocycles. The Morgan fingerprint density at radius 3 is 3.17 bits per heavy atom. The van der Waals surface area contributed by atoms with Crippen LogP contribution >= 0.6 is 23.1 Å². The quantitative estimate of drug-likeness (QED) is 0.746. The molecule has 1 unspecified atom stereocenters. The van der Waals surface area contributed by atoms with E-state index in [2.05, 4.69) is 14.9 Å². The van der Waals surface area contributed by atoms with Gasteiger partial charge in [-0.3, -0.25) is 4.79 Å². The first kappa shape index (κ1) is 9.41. The second-order valence-electron chi connectivity index (χ2n) is 2.32. The molecule has 0 spiro atoms. The summed E-state index contributed by atoms with van der Waals surface area (Å²) in [5, 5.41) is 7.88. The zero-order valence-corrected chi connectivity index (χ0v) is 8.02. The van der Waals surface area contributed by atoms with Gasteiger partial charge in [0.05, 0.1) is 0 Å². The van der Waals surface area contributed by atoms with Gasteiger partial charge in [-0.1, -0.05) is 4.49 Å². The van der Waals surface area contributed by atoms with Gasteiger partial charge < -0.3 is 5.32 Å². The number of nitrogens with one attached hydrogen (secondary N) is 1. The van der Waals surface area contributed by atoms with E-state index in [1.807, 2.05) is 6.92 Å². The van der Waals surface area contributed by atoms with E-state index in [1.54, 1.807) is 5.38 Å². The average molecular weight is 206 g/mol. The van der Waals surface area contributed by atoms with Crippen LogP contribution in [0.2, 0.25) is 0 Å². The molecule has 4 nitrogen and oxygen atoms in total. The molecule has 12 heavy (non-hydrogen) atoms. The van der Waals surface area contributed by atoms with E-state index < -0.39 is 0 Å². The predicted molar refractivity (Wildman–Crippen MR) is 47.6 cm³/mol. The molecule has 0 bridgehead atoms. The summed E-state index contributed by atoms with van der Waals surface area (Å²) in [6.07, 6.45) is 0. The van der Waals surface area contributed by atoms with Crippen LogP contribution in [0.15, 0.2) is 5.38 Å². The van der Waals surface area contributed by atoms with Gasteiger partial charge in [-0.15, -0.1) is 16.7 Å². The monoisotopic (exact) mass is 205 g/mol. The molecule has 0 aliphatic heterocycles. The molecule has 1 aromatic heterocycles. The lowest BCUT2D eigenvalue weighted by molar-refractivity contribution is 0.0938. The van der Waals surface area contributed by atoms with E-state index in [0.717, 1.165) is 11.5 Å². The summed E-state index contributed by atoms with van der Waals surface area (Å²) in [5.41, 5.74) is 0.344. The number of nitrogens with zero attached hydrogens (tertiary/aromatic N) is 2. The number of aromatic nitrogens is 2. The normalized spacial score (nSPS) is 12.5. The van der Waals surface area contributed by atoms with Crippen molar-refractivity contribution in [2.75, 3.05) is 5.88 Å². The maximum Gasteiger partial charge on any atom is 0.272 e. The van der Waals surface area contributed by atoms with Crippen molar-refractivity contribution in [2.45, 2.75) is 13.0 Å². The van der Waals surface area contributed by atoms with E-state index in [0.29, 0.717) is 11.6 Å². The van der Waals surface area contributed by atoms with Crippen LogP contribution < -0.4 is 5.32 Å². The fourth-order valence-electron chi connectivity index (χ4n) is 0.600. The molecule has 1 rings (SSSR count). The Labute approximate surface area is 79.1 Å². The van der Waals surface area contributed by atoms with E-state index in [-0.39, 0.29) is 11.9 Å². The SMILES string of the molecule is CC(CCl)NC(=O)c1csnn1. The third kappa shape index (κ3) is 2.42. The highest BCUT2D eigenvalue weighted by Gasteiger charge is 2.10. The molecular weight excluding hydrogens is 198 g/mol. The van der Waals surface area contributed by atoms with Gasteiger partial charge in [0.15, 0.2) is 5.69 Å². The Morgan fingerprint density at radius 1 is 1.92 bits per heavy atom. The van der Waals surface area contributed by atoms with Gasteiger partial charge in [-0.2, -0.15) is 0 Å². The molecule has 0 aliphatic rings. The highest BCUT2D eigenvalue weighted by atomic mass is 35.5. The number of hydrogen-bond donors (Lipinski definition) is 1. The smallest absolute Gasteiger partial charge is 0.272 e. The van der Waals surface area contributed by atoms with Crippen molar-refractivity contribution < 1.29 is 4.79 Å². The second-order valence-corrected chi connectivity index (χ2v) is 3.24. The van der Waals surface area contributed by atoms with Crippen LogP contribution in [-0.4, -0.2) is 27.4 Å². The van der Waals surface area contributed by atoms with E-state index >= 15 is 0 Å². The lowest BCUT2D eigenvalue weighted by Gasteiger charge is -2.07. The summed E-state index contributed by atoms with van der Waals surface area (Å²) in [5.74, 6) is 0.167. The zero-order valence-electron chi connectivity index (χ0n) is 6.45. The second kappa shape index (κ2) is 4.37. The maximum absolute atomic E-state index is 11.2. The first-order valence-corrected chi connectivity index (χ1v) is 4.75. The van der Waals surface area contributed by atoms with Crippen LogP contribution in [0.3, 0.4) is 0 Å². The van der Waals surface area contributed by atoms with E-state index in [1.165, 1.54) is 0 Å². The molecular formula is C6H8ClN3OS. The Morgan fingerprint density at radius 2 is 2.67 bits per heavy atom. The van der Waals surface area contributed by atoms with Crippen LogP contribution in [0.25, 0.3) is 0 Å². The summed E-state index contributed by atoms with van der Waals surface area (Å²) in [7, 11) is 0. The molecule has 1 atom stereocenters. The van der Waals surface area contributed by atoms with Crippen molar-refractivity contribution in [3.05, 3.63) is 11.1 Å². The number of alkyl halides is 1. The number of halogens is 1. The molecule has 0 radical (unpaired) electrons. The number of amides is 1. The Bertz CT molecular complexity index is 251. The summed E-state index contributed by atoms with van der Waals surface area (Å²) >= 11 is 6.66.